The number of methoxy groups -OCH3 is 1. The van der Waals surface area contributed by atoms with Gasteiger partial charge in [0.25, 0.3) is 0 Å². The molecule has 0 bridgehead atoms. The summed E-state index contributed by atoms with van der Waals surface area (Å²) >= 11 is 9.55. The van der Waals surface area contributed by atoms with Crippen LogP contribution in [0.2, 0.25) is 5.02 Å². The van der Waals surface area contributed by atoms with E-state index in [2.05, 4.69) is 71.8 Å². The zero-order chi connectivity index (χ0) is 19.1. The number of anilines is 1. The van der Waals surface area contributed by atoms with Crippen LogP contribution in [0.25, 0.3) is 5.57 Å². The number of hydrogen-bond donors (Lipinski definition) is 0. The first kappa shape index (κ1) is 19.0. The van der Waals surface area contributed by atoms with Crippen molar-refractivity contribution in [3.63, 3.8) is 0 Å². The highest BCUT2D eigenvalue weighted by atomic mass is 79.9. The topological polar surface area (TPSA) is 24.8 Å². The first-order chi connectivity index (χ1) is 12.2. The highest BCUT2D eigenvalue weighted by molar-refractivity contribution is 9.10. The van der Waals surface area contributed by atoms with Crippen molar-refractivity contribution in [3.8, 4) is 5.75 Å². The van der Waals surface area contributed by atoms with E-state index in [1.54, 1.807) is 7.11 Å². The molecule has 0 aromatic heterocycles. The molecule has 2 aromatic rings. The lowest BCUT2D eigenvalue weighted by Gasteiger charge is -2.40. The van der Waals surface area contributed by atoms with Crippen molar-refractivity contribution in [3.05, 3.63) is 57.0 Å². The van der Waals surface area contributed by atoms with Crippen molar-refractivity contribution in [2.24, 2.45) is 4.99 Å². The van der Waals surface area contributed by atoms with Gasteiger partial charge in [0.2, 0.25) is 0 Å². The first-order valence-corrected chi connectivity index (χ1v) is 9.55. The SMILES string of the molecule is COc1cc2c(cc1C=Nc1ccc(Br)c(Cl)c1)C(C)=CC(C)(C)N2C. The van der Waals surface area contributed by atoms with Crippen LogP contribution in [0.15, 0.2) is 45.9 Å². The molecule has 136 valence electrons. The van der Waals surface area contributed by atoms with Crippen LogP contribution < -0.4 is 9.64 Å². The highest BCUT2D eigenvalue weighted by Gasteiger charge is 2.29. The molecule has 1 aliphatic rings. The number of nitrogens with zero attached hydrogens (tertiary/aromatic N) is 2. The maximum atomic E-state index is 6.15. The third kappa shape index (κ3) is 3.53. The number of likely N-dealkylation sites (N-methyl/N-ethyl adjacent to an activating group) is 1. The molecule has 0 spiro atoms. The fourth-order valence-electron chi connectivity index (χ4n) is 3.18. The highest BCUT2D eigenvalue weighted by Crippen LogP contribution is 2.41. The van der Waals surface area contributed by atoms with Crippen LogP contribution >= 0.6 is 27.5 Å². The molecule has 5 heteroatoms. The van der Waals surface area contributed by atoms with E-state index < -0.39 is 0 Å². The molecule has 0 aliphatic carbocycles. The Hall–Kier alpha value is -1.78. The number of rotatable bonds is 3. The van der Waals surface area contributed by atoms with E-state index >= 15 is 0 Å². The van der Waals surface area contributed by atoms with Crippen LogP contribution in [0.3, 0.4) is 0 Å². The first-order valence-electron chi connectivity index (χ1n) is 8.38. The van der Waals surface area contributed by atoms with E-state index in [0.29, 0.717) is 5.02 Å². The summed E-state index contributed by atoms with van der Waals surface area (Å²) in [6.07, 6.45) is 4.11. The number of hydrogen-bond acceptors (Lipinski definition) is 3. The number of allylic oxidation sites excluding steroid dienone is 1. The van der Waals surface area contributed by atoms with E-state index in [0.717, 1.165) is 27.2 Å². The lowest BCUT2D eigenvalue weighted by atomic mass is 9.88. The largest absolute Gasteiger partial charge is 0.496 e. The molecule has 0 fully saturated rings. The Morgan fingerprint density at radius 1 is 1.23 bits per heavy atom. The van der Waals surface area contributed by atoms with Crippen LogP contribution in [0.5, 0.6) is 5.75 Å². The third-order valence-corrected chi connectivity index (χ3v) is 6.06. The zero-order valence-corrected chi connectivity index (χ0v) is 17.9. The van der Waals surface area contributed by atoms with Crippen LogP contribution in [0.1, 0.15) is 31.9 Å². The standard InChI is InChI=1S/C21H22BrClN2O/c1-13-11-21(2,3)25(4)19-10-20(26-5)14(8-16(13)19)12-24-15-6-7-17(22)18(23)9-15/h6-12H,1-5H3. The summed E-state index contributed by atoms with van der Waals surface area (Å²) in [6, 6.07) is 9.86. The molecule has 1 aliphatic heterocycles. The molecular formula is C21H22BrClN2O. The second kappa shape index (κ2) is 7.09. The molecule has 0 saturated heterocycles. The molecular weight excluding hydrogens is 412 g/mol. The summed E-state index contributed by atoms with van der Waals surface area (Å²) in [5.74, 6) is 0.799. The Balaban J connectivity index is 2.05. The van der Waals surface area contributed by atoms with Crippen molar-refractivity contribution in [2.45, 2.75) is 26.3 Å². The van der Waals surface area contributed by atoms with E-state index in [1.807, 2.05) is 24.4 Å². The van der Waals surface area contributed by atoms with Gasteiger partial charge in [0.15, 0.2) is 0 Å². The molecule has 0 radical (unpaired) electrons. The van der Waals surface area contributed by atoms with E-state index in [1.165, 1.54) is 11.1 Å². The van der Waals surface area contributed by atoms with Gasteiger partial charge in [0, 0.05) is 40.6 Å². The average Bonchev–Trinajstić information content (AvgIpc) is 2.60. The van der Waals surface area contributed by atoms with Gasteiger partial charge in [-0.25, -0.2) is 0 Å². The minimum Gasteiger partial charge on any atom is -0.496 e. The molecule has 26 heavy (non-hydrogen) atoms. The molecule has 0 atom stereocenters. The van der Waals surface area contributed by atoms with Crippen LogP contribution in [0, 0.1) is 0 Å². The second-order valence-electron chi connectivity index (χ2n) is 7.01. The third-order valence-electron chi connectivity index (χ3n) is 4.82. The normalized spacial score (nSPS) is 15.8. The molecule has 0 amide bonds. The van der Waals surface area contributed by atoms with Crippen molar-refractivity contribution in [1.82, 2.24) is 0 Å². The fourth-order valence-corrected chi connectivity index (χ4v) is 3.60. The smallest absolute Gasteiger partial charge is 0.129 e. The van der Waals surface area contributed by atoms with E-state index in [-0.39, 0.29) is 5.54 Å². The maximum absolute atomic E-state index is 6.15. The average molecular weight is 434 g/mol. The molecule has 0 N–H and O–H groups in total. The number of ether oxygens (including phenoxy) is 1. The number of benzene rings is 2. The Kier molecular flexibility index (Phi) is 5.18. The van der Waals surface area contributed by atoms with Crippen molar-refractivity contribution < 1.29 is 4.74 Å². The van der Waals surface area contributed by atoms with Gasteiger partial charge < -0.3 is 9.64 Å². The lowest BCUT2D eigenvalue weighted by molar-refractivity contribution is 0.414. The van der Waals surface area contributed by atoms with Crippen molar-refractivity contribution in [1.29, 1.82) is 0 Å². The minimum absolute atomic E-state index is 0.0358. The van der Waals surface area contributed by atoms with Gasteiger partial charge in [0.1, 0.15) is 5.75 Å². The summed E-state index contributed by atoms with van der Waals surface area (Å²) < 4.78 is 6.48. The summed E-state index contributed by atoms with van der Waals surface area (Å²) in [6.45, 7) is 6.56. The molecule has 1 heterocycles. The van der Waals surface area contributed by atoms with Gasteiger partial charge in [0.05, 0.1) is 23.4 Å². The van der Waals surface area contributed by atoms with Gasteiger partial charge in [-0.3, -0.25) is 4.99 Å². The quantitative estimate of drug-likeness (QED) is 0.516. The van der Waals surface area contributed by atoms with Gasteiger partial charge >= 0.3 is 0 Å². The van der Waals surface area contributed by atoms with Gasteiger partial charge in [-0.1, -0.05) is 17.7 Å². The fraction of sp³-hybridized carbons (Fsp3) is 0.286. The summed E-state index contributed by atoms with van der Waals surface area (Å²) in [7, 11) is 3.80. The van der Waals surface area contributed by atoms with Crippen LogP contribution in [-0.4, -0.2) is 25.9 Å². The van der Waals surface area contributed by atoms with Crippen molar-refractivity contribution >= 4 is 50.7 Å². The number of halogens is 2. The van der Waals surface area contributed by atoms with E-state index in [4.69, 9.17) is 16.3 Å². The second-order valence-corrected chi connectivity index (χ2v) is 8.27. The Morgan fingerprint density at radius 3 is 2.62 bits per heavy atom. The van der Waals surface area contributed by atoms with Gasteiger partial charge in [-0.05, 0) is 66.5 Å². The predicted octanol–water partition coefficient (Wildman–Crippen LogP) is 6.49. The maximum Gasteiger partial charge on any atom is 0.129 e. The van der Waals surface area contributed by atoms with Gasteiger partial charge in [-0.2, -0.15) is 0 Å². The van der Waals surface area contributed by atoms with Gasteiger partial charge in [-0.15, -0.1) is 0 Å². The lowest BCUT2D eigenvalue weighted by Crippen LogP contribution is -2.42. The van der Waals surface area contributed by atoms with Crippen LogP contribution in [-0.2, 0) is 0 Å². The number of aliphatic imine (C=N–C) groups is 1. The predicted molar refractivity (Wildman–Crippen MR) is 116 cm³/mol. The molecule has 3 rings (SSSR count). The van der Waals surface area contributed by atoms with Crippen LogP contribution in [0.4, 0.5) is 11.4 Å². The Bertz CT molecular complexity index is 918. The molecule has 0 saturated carbocycles. The summed E-state index contributed by atoms with van der Waals surface area (Å²) in [4.78, 5) is 6.84. The summed E-state index contributed by atoms with van der Waals surface area (Å²) in [5.41, 5.74) is 5.31. The Labute approximate surface area is 168 Å². The number of fused-ring (bicyclic) bond motifs is 1. The molecule has 0 unspecified atom stereocenters. The van der Waals surface area contributed by atoms with Crippen molar-refractivity contribution in [2.75, 3.05) is 19.1 Å². The minimum atomic E-state index is -0.0358. The summed E-state index contributed by atoms with van der Waals surface area (Å²) in [5, 5.41) is 0.639. The Morgan fingerprint density at radius 2 is 1.96 bits per heavy atom. The molecule has 2 aromatic carbocycles. The molecule has 3 nitrogen and oxygen atoms in total. The van der Waals surface area contributed by atoms with E-state index in [9.17, 15) is 0 Å². The monoisotopic (exact) mass is 432 g/mol. The zero-order valence-electron chi connectivity index (χ0n) is 15.6.